The molecule has 4 rings (SSSR count). The van der Waals surface area contributed by atoms with Crippen LogP contribution in [0.5, 0.6) is 5.75 Å². The van der Waals surface area contributed by atoms with Gasteiger partial charge < -0.3 is 14.5 Å². The summed E-state index contributed by atoms with van der Waals surface area (Å²) in [4.78, 5) is 16.2. The van der Waals surface area contributed by atoms with Gasteiger partial charge in [-0.1, -0.05) is 12.8 Å². The Labute approximate surface area is 151 Å². The molecular weight excluding hydrogens is 312 g/mol. The van der Waals surface area contributed by atoms with E-state index in [1.54, 1.807) is 18.9 Å². The Bertz CT molecular complexity index is 701. The third-order valence-electron chi connectivity index (χ3n) is 7.24. The molecule has 25 heavy (non-hydrogen) atoms. The summed E-state index contributed by atoms with van der Waals surface area (Å²) in [5, 5.41) is 0. The van der Waals surface area contributed by atoms with Gasteiger partial charge in [0.05, 0.1) is 12.8 Å². The van der Waals surface area contributed by atoms with Crippen LogP contribution in [0.2, 0.25) is 0 Å². The Hall–Kier alpha value is -1.55. The Kier molecular flexibility index (Phi) is 4.06. The average molecular weight is 342 g/mol. The second kappa shape index (κ2) is 6.01. The average Bonchev–Trinajstić information content (AvgIpc) is 2.63. The summed E-state index contributed by atoms with van der Waals surface area (Å²) in [5.74, 6) is 1.65. The number of carbonyl (C=O) groups is 1. The molecule has 1 saturated heterocycles. The van der Waals surface area contributed by atoms with Crippen molar-refractivity contribution in [3.63, 3.8) is 0 Å². The van der Waals surface area contributed by atoms with Crippen LogP contribution in [-0.2, 0) is 16.6 Å². The van der Waals surface area contributed by atoms with E-state index >= 15 is 0 Å². The van der Waals surface area contributed by atoms with Gasteiger partial charge in [-0.25, -0.2) is 0 Å². The van der Waals surface area contributed by atoms with Crippen LogP contribution in [0.3, 0.4) is 0 Å². The van der Waals surface area contributed by atoms with Crippen molar-refractivity contribution in [3.05, 3.63) is 23.3 Å². The first-order chi connectivity index (χ1) is 12.0. The zero-order valence-electron chi connectivity index (χ0n) is 16.0. The minimum absolute atomic E-state index is 0.0417. The molecule has 0 spiro atoms. The van der Waals surface area contributed by atoms with Crippen molar-refractivity contribution >= 4 is 11.6 Å². The lowest BCUT2D eigenvalue weighted by Gasteiger charge is -2.58. The topological polar surface area (TPSA) is 32.8 Å². The Balaban J connectivity index is 1.88. The lowest BCUT2D eigenvalue weighted by atomic mass is 9.52. The van der Waals surface area contributed by atoms with Crippen molar-refractivity contribution in [1.82, 2.24) is 4.90 Å². The number of fused-ring (bicyclic) bond motifs is 1. The molecular formula is C21H30N2O2. The van der Waals surface area contributed by atoms with Crippen LogP contribution in [0.4, 0.5) is 5.69 Å². The van der Waals surface area contributed by atoms with E-state index in [0.29, 0.717) is 11.5 Å². The summed E-state index contributed by atoms with van der Waals surface area (Å²) in [6.07, 6.45) is 7.72. The number of hydrogen-bond donors (Lipinski definition) is 0. The van der Waals surface area contributed by atoms with E-state index in [1.807, 2.05) is 7.05 Å². The number of methoxy groups -OCH3 is 1. The van der Waals surface area contributed by atoms with Crippen LogP contribution in [0, 0.1) is 5.92 Å². The molecule has 2 bridgehead atoms. The molecule has 4 heteroatoms. The summed E-state index contributed by atoms with van der Waals surface area (Å²) in [7, 11) is 5.85. The highest BCUT2D eigenvalue weighted by Gasteiger charge is 2.53. The highest BCUT2D eigenvalue weighted by Crippen LogP contribution is 2.56. The number of likely N-dealkylation sites (tertiary alicyclic amines) is 1. The van der Waals surface area contributed by atoms with E-state index in [2.05, 4.69) is 24.1 Å². The smallest absolute Gasteiger partial charge is 0.223 e. The van der Waals surface area contributed by atoms with Crippen LogP contribution in [0.15, 0.2) is 12.1 Å². The van der Waals surface area contributed by atoms with Gasteiger partial charge in [0.2, 0.25) is 5.91 Å². The molecule has 0 N–H and O–H groups in total. The number of hydrogen-bond acceptors (Lipinski definition) is 3. The van der Waals surface area contributed by atoms with E-state index in [1.165, 1.54) is 49.8 Å². The molecule has 4 nitrogen and oxygen atoms in total. The second-order valence-electron chi connectivity index (χ2n) is 8.27. The molecule has 1 saturated carbocycles. The van der Waals surface area contributed by atoms with Gasteiger partial charge in [0.15, 0.2) is 0 Å². The fourth-order valence-corrected chi connectivity index (χ4v) is 5.82. The molecule has 2 aliphatic carbocycles. The van der Waals surface area contributed by atoms with Crippen molar-refractivity contribution in [1.29, 1.82) is 0 Å². The molecule has 3 aliphatic rings. The normalized spacial score (nSPS) is 31.0. The minimum atomic E-state index is 0.0417. The summed E-state index contributed by atoms with van der Waals surface area (Å²) in [5.41, 5.74) is 4.17. The zero-order chi connectivity index (χ0) is 17.8. The number of carbonyl (C=O) groups excluding carboxylic acids is 1. The quantitative estimate of drug-likeness (QED) is 0.826. The number of amides is 1. The van der Waals surface area contributed by atoms with Crippen LogP contribution >= 0.6 is 0 Å². The maximum absolute atomic E-state index is 11.9. The number of benzene rings is 1. The third kappa shape index (κ3) is 2.41. The predicted molar refractivity (Wildman–Crippen MR) is 100 cm³/mol. The van der Waals surface area contributed by atoms with Gasteiger partial charge in [-0.05, 0) is 68.5 Å². The molecule has 0 radical (unpaired) electrons. The van der Waals surface area contributed by atoms with Crippen molar-refractivity contribution in [2.24, 2.45) is 5.92 Å². The van der Waals surface area contributed by atoms with Crippen molar-refractivity contribution in [2.45, 2.75) is 56.9 Å². The monoisotopic (exact) mass is 342 g/mol. The lowest BCUT2D eigenvalue weighted by molar-refractivity contribution is -0.116. The van der Waals surface area contributed by atoms with Gasteiger partial charge in [-0.3, -0.25) is 4.79 Å². The van der Waals surface area contributed by atoms with Crippen LogP contribution in [0.25, 0.3) is 0 Å². The Morgan fingerprint density at radius 1 is 1.32 bits per heavy atom. The number of anilines is 1. The number of rotatable bonds is 2. The Morgan fingerprint density at radius 2 is 2.12 bits per heavy atom. The van der Waals surface area contributed by atoms with E-state index in [4.69, 9.17) is 4.74 Å². The van der Waals surface area contributed by atoms with Crippen LogP contribution in [-0.4, -0.2) is 44.6 Å². The summed E-state index contributed by atoms with van der Waals surface area (Å²) >= 11 is 0. The molecule has 3 atom stereocenters. The van der Waals surface area contributed by atoms with Crippen molar-refractivity contribution in [2.75, 3.05) is 32.6 Å². The first kappa shape index (κ1) is 16.9. The van der Waals surface area contributed by atoms with Gasteiger partial charge in [-0.15, -0.1) is 0 Å². The number of likely N-dealkylation sites (N-methyl/N-ethyl adjacent to an activating group) is 1. The number of ether oxygens (including phenoxy) is 1. The molecule has 2 fully saturated rings. The maximum Gasteiger partial charge on any atom is 0.223 e. The summed E-state index contributed by atoms with van der Waals surface area (Å²) in [6, 6.07) is 5.14. The highest BCUT2D eigenvalue weighted by molar-refractivity contribution is 5.93. The Morgan fingerprint density at radius 3 is 2.84 bits per heavy atom. The fourth-order valence-electron chi connectivity index (χ4n) is 5.82. The van der Waals surface area contributed by atoms with E-state index < -0.39 is 0 Å². The first-order valence-electron chi connectivity index (χ1n) is 9.64. The van der Waals surface area contributed by atoms with Gasteiger partial charge in [0, 0.05) is 25.4 Å². The molecule has 1 aromatic rings. The van der Waals surface area contributed by atoms with Crippen LogP contribution in [0.1, 0.15) is 50.2 Å². The molecule has 1 aromatic carbocycles. The standard InChI is InChI=1S/C21H30N2O2/c1-14(24)23(3)19-12-15-11-18-16-7-5-6-8-21(16,9-10-22(18)2)17(15)13-20(19)25-4/h12-13,16,18H,5-11H2,1-4H3/t16?,18-,21-/m0/s1. The lowest BCUT2D eigenvalue weighted by Crippen LogP contribution is -2.59. The predicted octanol–water partition coefficient (Wildman–Crippen LogP) is 3.37. The zero-order valence-corrected chi connectivity index (χ0v) is 16.0. The second-order valence-corrected chi connectivity index (χ2v) is 8.27. The fraction of sp³-hybridized carbons (Fsp3) is 0.667. The molecule has 1 aliphatic heterocycles. The van der Waals surface area contributed by atoms with Crippen molar-refractivity contribution < 1.29 is 9.53 Å². The first-order valence-corrected chi connectivity index (χ1v) is 9.64. The van der Waals surface area contributed by atoms with Gasteiger partial charge >= 0.3 is 0 Å². The van der Waals surface area contributed by atoms with E-state index in [0.717, 1.165) is 23.8 Å². The minimum Gasteiger partial charge on any atom is -0.495 e. The number of piperidine rings is 1. The SMILES string of the molecule is COc1cc2c(cc1N(C)C(C)=O)C[C@H]1C3CCCC[C@@]23CCN1C. The molecule has 1 amide bonds. The van der Waals surface area contributed by atoms with Crippen molar-refractivity contribution in [3.8, 4) is 5.75 Å². The van der Waals surface area contributed by atoms with Gasteiger partial charge in [0.25, 0.3) is 0 Å². The number of nitrogens with zero attached hydrogens (tertiary/aromatic N) is 2. The highest BCUT2D eigenvalue weighted by atomic mass is 16.5. The van der Waals surface area contributed by atoms with E-state index in [9.17, 15) is 4.79 Å². The molecule has 0 aromatic heterocycles. The largest absolute Gasteiger partial charge is 0.495 e. The maximum atomic E-state index is 11.9. The van der Waals surface area contributed by atoms with Crippen LogP contribution < -0.4 is 9.64 Å². The summed E-state index contributed by atoms with van der Waals surface area (Å²) in [6.45, 7) is 2.80. The molecule has 136 valence electrons. The van der Waals surface area contributed by atoms with Gasteiger partial charge in [0.1, 0.15) is 5.75 Å². The van der Waals surface area contributed by atoms with Gasteiger partial charge in [-0.2, -0.15) is 0 Å². The third-order valence-corrected chi connectivity index (χ3v) is 7.24. The van der Waals surface area contributed by atoms with E-state index in [-0.39, 0.29) is 5.91 Å². The molecule has 1 unspecified atom stereocenters. The molecule has 1 heterocycles. The summed E-state index contributed by atoms with van der Waals surface area (Å²) < 4.78 is 5.71.